The largest absolute Gasteiger partial charge is 0.398 e. The summed E-state index contributed by atoms with van der Waals surface area (Å²) in [5.74, 6) is 0. The summed E-state index contributed by atoms with van der Waals surface area (Å²) < 4.78 is 0. The van der Waals surface area contributed by atoms with Gasteiger partial charge in [0.2, 0.25) is 0 Å². The number of nitrogen functional groups attached to an aromatic ring is 1. The standard InChI is InChI=1S/C15H21N3O/c16-14-6-4-5-12-11-18(10-7-13(12)14)15(19)17-8-2-1-3-9-17/h4-6H,1-3,7-11,16H2. The summed E-state index contributed by atoms with van der Waals surface area (Å²) in [5, 5.41) is 0. The van der Waals surface area contributed by atoms with Crippen molar-refractivity contribution in [1.29, 1.82) is 0 Å². The number of benzene rings is 1. The van der Waals surface area contributed by atoms with Gasteiger partial charge in [0.15, 0.2) is 0 Å². The van der Waals surface area contributed by atoms with Gasteiger partial charge in [-0.3, -0.25) is 0 Å². The van der Waals surface area contributed by atoms with Crippen LogP contribution in [0.15, 0.2) is 18.2 Å². The van der Waals surface area contributed by atoms with E-state index in [0.717, 1.165) is 44.6 Å². The molecule has 19 heavy (non-hydrogen) atoms. The molecular formula is C15H21N3O. The summed E-state index contributed by atoms with van der Waals surface area (Å²) >= 11 is 0. The number of anilines is 1. The van der Waals surface area contributed by atoms with Gasteiger partial charge in [-0.05, 0) is 42.9 Å². The van der Waals surface area contributed by atoms with E-state index in [1.54, 1.807) is 0 Å². The van der Waals surface area contributed by atoms with Gasteiger partial charge in [0, 0.05) is 31.9 Å². The summed E-state index contributed by atoms with van der Waals surface area (Å²) in [5.41, 5.74) is 9.29. The Kier molecular flexibility index (Phi) is 3.32. The van der Waals surface area contributed by atoms with E-state index >= 15 is 0 Å². The number of urea groups is 1. The molecule has 4 heteroatoms. The molecule has 0 atom stereocenters. The van der Waals surface area contributed by atoms with Gasteiger partial charge in [0.25, 0.3) is 0 Å². The van der Waals surface area contributed by atoms with Gasteiger partial charge in [0.1, 0.15) is 0 Å². The minimum atomic E-state index is 0.202. The van der Waals surface area contributed by atoms with E-state index in [1.807, 2.05) is 21.9 Å². The SMILES string of the molecule is Nc1cccc2c1CCN(C(=O)N1CCCCC1)C2. The van der Waals surface area contributed by atoms with Crippen molar-refractivity contribution >= 4 is 11.7 Å². The van der Waals surface area contributed by atoms with Gasteiger partial charge in [0.05, 0.1) is 0 Å². The average molecular weight is 259 g/mol. The lowest BCUT2D eigenvalue weighted by atomic mass is 9.98. The van der Waals surface area contributed by atoms with Crippen LogP contribution < -0.4 is 5.73 Å². The van der Waals surface area contributed by atoms with Gasteiger partial charge in [-0.15, -0.1) is 0 Å². The maximum Gasteiger partial charge on any atom is 0.320 e. The van der Waals surface area contributed by atoms with E-state index in [9.17, 15) is 4.79 Å². The third kappa shape index (κ3) is 2.39. The van der Waals surface area contributed by atoms with Crippen LogP contribution in [0.25, 0.3) is 0 Å². The van der Waals surface area contributed by atoms with Crippen molar-refractivity contribution in [3.8, 4) is 0 Å². The minimum absolute atomic E-state index is 0.202. The van der Waals surface area contributed by atoms with Crippen molar-refractivity contribution in [2.45, 2.75) is 32.2 Å². The van der Waals surface area contributed by atoms with Crippen LogP contribution >= 0.6 is 0 Å². The van der Waals surface area contributed by atoms with E-state index in [2.05, 4.69) is 6.07 Å². The third-order valence-electron chi connectivity index (χ3n) is 4.20. The molecule has 0 unspecified atom stereocenters. The summed E-state index contributed by atoms with van der Waals surface area (Å²) in [7, 11) is 0. The highest BCUT2D eigenvalue weighted by Gasteiger charge is 2.26. The fourth-order valence-electron chi connectivity index (χ4n) is 3.09. The van der Waals surface area contributed by atoms with Crippen LogP contribution in [0.5, 0.6) is 0 Å². The van der Waals surface area contributed by atoms with Crippen LogP contribution in [-0.2, 0) is 13.0 Å². The molecule has 0 spiro atoms. The van der Waals surface area contributed by atoms with Crippen LogP contribution in [0.4, 0.5) is 10.5 Å². The molecule has 4 nitrogen and oxygen atoms in total. The predicted octanol–water partition coefficient (Wildman–Crippen LogP) is 2.23. The quantitative estimate of drug-likeness (QED) is 0.726. The number of carbonyl (C=O) groups is 1. The molecule has 0 radical (unpaired) electrons. The van der Waals surface area contributed by atoms with Crippen LogP contribution in [0.1, 0.15) is 30.4 Å². The molecule has 0 aliphatic carbocycles. The third-order valence-corrected chi connectivity index (χ3v) is 4.20. The summed E-state index contributed by atoms with van der Waals surface area (Å²) in [6, 6.07) is 6.21. The molecule has 1 aromatic carbocycles. The van der Waals surface area contributed by atoms with Crippen molar-refractivity contribution in [1.82, 2.24) is 9.80 Å². The Labute approximate surface area is 114 Å². The van der Waals surface area contributed by atoms with Crippen LogP contribution in [0.2, 0.25) is 0 Å². The fraction of sp³-hybridized carbons (Fsp3) is 0.533. The number of hydrogen-bond donors (Lipinski definition) is 1. The second-order valence-electron chi connectivity index (χ2n) is 5.49. The maximum atomic E-state index is 12.5. The van der Waals surface area contributed by atoms with Crippen molar-refractivity contribution in [2.24, 2.45) is 0 Å². The van der Waals surface area contributed by atoms with Crippen molar-refractivity contribution < 1.29 is 4.79 Å². The molecule has 0 saturated carbocycles. The fourth-order valence-corrected chi connectivity index (χ4v) is 3.09. The summed E-state index contributed by atoms with van der Waals surface area (Å²) in [6.07, 6.45) is 4.41. The van der Waals surface area contributed by atoms with E-state index in [-0.39, 0.29) is 6.03 Å². The van der Waals surface area contributed by atoms with Gasteiger partial charge in [-0.2, -0.15) is 0 Å². The van der Waals surface area contributed by atoms with Crippen molar-refractivity contribution in [2.75, 3.05) is 25.4 Å². The second-order valence-corrected chi connectivity index (χ2v) is 5.49. The van der Waals surface area contributed by atoms with E-state index in [0.29, 0.717) is 6.54 Å². The molecule has 2 aliphatic rings. The maximum absolute atomic E-state index is 12.5. The number of amides is 2. The van der Waals surface area contributed by atoms with Crippen molar-refractivity contribution in [3.05, 3.63) is 29.3 Å². The van der Waals surface area contributed by atoms with E-state index < -0.39 is 0 Å². The lowest BCUT2D eigenvalue weighted by Gasteiger charge is -2.35. The molecule has 2 N–H and O–H groups in total. The highest BCUT2D eigenvalue weighted by molar-refractivity contribution is 5.75. The zero-order valence-corrected chi connectivity index (χ0v) is 11.3. The number of piperidine rings is 1. The summed E-state index contributed by atoms with van der Waals surface area (Å²) in [4.78, 5) is 16.4. The smallest absolute Gasteiger partial charge is 0.320 e. The first-order chi connectivity index (χ1) is 9.25. The molecule has 3 rings (SSSR count). The van der Waals surface area contributed by atoms with E-state index in [1.165, 1.54) is 17.5 Å². The van der Waals surface area contributed by atoms with Gasteiger partial charge in [-0.25, -0.2) is 4.79 Å². The first kappa shape index (κ1) is 12.3. The molecule has 0 aromatic heterocycles. The molecule has 1 saturated heterocycles. The Morgan fingerprint density at radius 3 is 2.63 bits per heavy atom. The minimum Gasteiger partial charge on any atom is -0.398 e. The molecule has 1 fully saturated rings. The Morgan fingerprint density at radius 1 is 1.05 bits per heavy atom. The first-order valence-corrected chi connectivity index (χ1v) is 7.16. The Morgan fingerprint density at radius 2 is 1.84 bits per heavy atom. The number of fused-ring (bicyclic) bond motifs is 1. The highest BCUT2D eigenvalue weighted by atomic mass is 16.2. The zero-order chi connectivity index (χ0) is 13.2. The number of nitrogens with zero attached hydrogens (tertiary/aromatic N) is 2. The van der Waals surface area contributed by atoms with Crippen LogP contribution in [0.3, 0.4) is 0 Å². The first-order valence-electron chi connectivity index (χ1n) is 7.16. The van der Waals surface area contributed by atoms with Gasteiger partial charge >= 0.3 is 6.03 Å². The lowest BCUT2D eigenvalue weighted by molar-refractivity contribution is 0.139. The lowest BCUT2D eigenvalue weighted by Crippen LogP contribution is -2.47. The Hall–Kier alpha value is -1.71. The number of carbonyl (C=O) groups excluding carboxylic acids is 1. The molecular weight excluding hydrogens is 238 g/mol. The molecule has 1 aromatic rings. The molecule has 0 bridgehead atoms. The average Bonchev–Trinajstić information content (AvgIpc) is 2.47. The monoisotopic (exact) mass is 259 g/mol. The number of nitrogens with two attached hydrogens (primary N) is 1. The topological polar surface area (TPSA) is 49.6 Å². The van der Waals surface area contributed by atoms with Crippen molar-refractivity contribution in [3.63, 3.8) is 0 Å². The molecule has 102 valence electrons. The predicted molar refractivity (Wildman–Crippen MR) is 75.8 cm³/mol. The Bertz CT molecular complexity index is 480. The number of hydrogen-bond acceptors (Lipinski definition) is 2. The van der Waals surface area contributed by atoms with Crippen LogP contribution in [0, 0.1) is 0 Å². The summed E-state index contributed by atoms with van der Waals surface area (Å²) in [6.45, 7) is 3.32. The van der Waals surface area contributed by atoms with E-state index in [4.69, 9.17) is 5.73 Å². The normalized spacial score (nSPS) is 19.2. The van der Waals surface area contributed by atoms with Gasteiger partial charge in [-0.1, -0.05) is 12.1 Å². The number of likely N-dealkylation sites (tertiary alicyclic amines) is 1. The Balaban J connectivity index is 1.73. The highest BCUT2D eigenvalue weighted by Crippen LogP contribution is 2.25. The zero-order valence-electron chi connectivity index (χ0n) is 11.3. The van der Waals surface area contributed by atoms with Crippen LogP contribution in [-0.4, -0.2) is 35.5 Å². The molecule has 2 amide bonds. The molecule has 2 heterocycles. The second kappa shape index (κ2) is 5.11. The van der Waals surface area contributed by atoms with Gasteiger partial charge < -0.3 is 15.5 Å². The number of rotatable bonds is 0. The molecule has 2 aliphatic heterocycles.